The maximum absolute atomic E-state index is 11.8. The van der Waals surface area contributed by atoms with Crippen molar-refractivity contribution in [2.75, 3.05) is 6.54 Å². The van der Waals surface area contributed by atoms with Gasteiger partial charge in [0.05, 0.1) is 6.10 Å². The molecule has 1 aromatic rings. The highest BCUT2D eigenvalue weighted by atomic mass is 16.3. The summed E-state index contributed by atoms with van der Waals surface area (Å²) in [6.45, 7) is 1.97. The van der Waals surface area contributed by atoms with E-state index in [-0.39, 0.29) is 18.2 Å². The zero-order valence-corrected chi connectivity index (χ0v) is 9.81. The van der Waals surface area contributed by atoms with Gasteiger partial charge in [-0.25, -0.2) is 0 Å². The molecule has 1 atom stereocenters. The Morgan fingerprint density at radius 2 is 2.24 bits per heavy atom. The largest absolute Gasteiger partial charge is 0.508 e. The van der Waals surface area contributed by atoms with E-state index in [0.717, 1.165) is 12.8 Å². The average molecular weight is 235 g/mol. The predicted molar refractivity (Wildman–Crippen MR) is 63.9 cm³/mol. The summed E-state index contributed by atoms with van der Waals surface area (Å²) >= 11 is 0. The minimum atomic E-state index is -0.448. The number of aromatic hydroxyl groups is 1. The molecule has 1 aliphatic rings. The minimum absolute atomic E-state index is 0.111. The second-order valence-electron chi connectivity index (χ2n) is 4.56. The van der Waals surface area contributed by atoms with Gasteiger partial charge in [0.15, 0.2) is 0 Å². The highest BCUT2D eigenvalue weighted by Crippen LogP contribution is 2.32. The first-order chi connectivity index (χ1) is 8.09. The van der Waals surface area contributed by atoms with Gasteiger partial charge in [-0.3, -0.25) is 4.79 Å². The van der Waals surface area contributed by atoms with E-state index in [1.165, 1.54) is 0 Å². The average Bonchev–Trinajstić information content (AvgIpc) is 3.13. The molecule has 92 valence electrons. The van der Waals surface area contributed by atoms with Gasteiger partial charge in [0.1, 0.15) is 5.75 Å². The molecule has 0 aromatic heterocycles. The van der Waals surface area contributed by atoms with Crippen LogP contribution in [0.15, 0.2) is 18.2 Å². The van der Waals surface area contributed by atoms with Crippen LogP contribution in [0, 0.1) is 12.8 Å². The lowest BCUT2D eigenvalue weighted by molar-refractivity contribution is 0.0900. The zero-order chi connectivity index (χ0) is 12.4. The fourth-order valence-electron chi connectivity index (χ4n) is 1.81. The second-order valence-corrected chi connectivity index (χ2v) is 4.56. The molecular weight excluding hydrogens is 218 g/mol. The number of aliphatic hydroxyl groups is 1. The second kappa shape index (κ2) is 4.75. The molecule has 3 N–H and O–H groups in total. The predicted octanol–water partition coefficient (Wildman–Crippen LogP) is 1.20. The number of carbonyl (C=O) groups is 1. The Labute approximate surface area is 100 Å². The van der Waals surface area contributed by atoms with E-state index in [1.54, 1.807) is 25.1 Å². The van der Waals surface area contributed by atoms with Gasteiger partial charge in [-0.15, -0.1) is 0 Å². The van der Waals surface area contributed by atoms with E-state index in [4.69, 9.17) is 0 Å². The third-order valence-corrected chi connectivity index (χ3v) is 3.19. The molecule has 0 heterocycles. The normalized spacial score (nSPS) is 16.6. The van der Waals surface area contributed by atoms with E-state index >= 15 is 0 Å². The van der Waals surface area contributed by atoms with Crippen molar-refractivity contribution in [3.05, 3.63) is 29.3 Å². The van der Waals surface area contributed by atoms with E-state index in [0.29, 0.717) is 17.0 Å². The van der Waals surface area contributed by atoms with Crippen LogP contribution in [0.3, 0.4) is 0 Å². The lowest BCUT2D eigenvalue weighted by Gasteiger charge is -2.12. The number of amides is 1. The van der Waals surface area contributed by atoms with Crippen LogP contribution >= 0.6 is 0 Å². The third-order valence-electron chi connectivity index (χ3n) is 3.19. The SMILES string of the molecule is Cc1c(O)cccc1C(=O)NCC(O)C1CC1. The molecule has 1 aliphatic carbocycles. The van der Waals surface area contributed by atoms with Crippen molar-refractivity contribution in [2.24, 2.45) is 5.92 Å². The Hall–Kier alpha value is -1.55. The van der Waals surface area contributed by atoms with Gasteiger partial charge in [0.2, 0.25) is 0 Å². The van der Waals surface area contributed by atoms with Crippen LogP contribution in [0.1, 0.15) is 28.8 Å². The van der Waals surface area contributed by atoms with Gasteiger partial charge in [-0.1, -0.05) is 6.07 Å². The molecule has 0 saturated heterocycles. The summed E-state index contributed by atoms with van der Waals surface area (Å²) in [4.78, 5) is 11.8. The van der Waals surface area contributed by atoms with E-state index in [2.05, 4.69) is 5.32 Å². The van der Waals surface area contributed by atoms with Crippen molar-refractivity contribution < 1.29 is 15.0 Å². The fourth-order valence-corrected chi connectivity index (χ4v) is 1.81. The third kappa shape index (κ3) is 2.77. The number of rotatable bonds is 4. The number of benzene rings is 1. The van der Waals surface area contributed by atoms with E-state index < -0.39 is 6.10 Å². The molecule has 1 amide bonds. The monoisotopic (exact) mass is 235 g/mol. The summed E-state index contributed by atoms with van der Waals surface area (Å²) in [6.07, 6.45) is 1.64. The quantitative estimate of drug-likeness (QED) is 0.734. The van der Waals surface area contributed by atoms with Crippen molar-refractivity contribution in [2.45, 2.75) is 25.9 Å². The molecule has 0 spiro atoms. The Morgan fingerprint density at radius 3 is 2.88 bits per heavy atom. The maximum atomic E-state index is 11.8. The molecule has 4 heteroatoms. The molecule has 4 nitrogen and oxygen atoms in total. The highest BCUT2D eigenvalue weighted by molar-refractivity contribution is 5.96. The molecule has 1 saturated carbocycles. The molecule has 1 fully saturated rings. The number of hydrogen-bond acceptors (Lipinski definition) is 3. The van der Waals surface area contributed by atoms with Gasteiger partial charge in [0, 0.05) is 17.7 Å². The molecule has 1 unspecified atom stereocenters. The molecule has 2 rings (SSSR count). The van der Waals surface area contributed by atoms with Gasteiger partial charge in [-0.2, -0.15) is 0 Å². The fraction of sp³-hybridized carbons (Fsp3) is 0.462. The Morgan fingerprint density at radius 1 is 1.53 bits per heavy atom. The van der Waals surface area contributed by atoms with Crippen molar-refractivity contribution >= 4 is 5.91 Å². The van der Waals surface area contributed by atoms with Crippen molar-refractivity contribution in [3.8, 4) is 5.75 Å². The van der Waals surface area contributed by atoms with E-state index in [1.807, 2.05) is 0 Å². The molecule has 17 heavy (non-hydrogen) atoms. The van der Waals surface area contributed by atoms with Crippen LogP contribution in [-0.2, 0) is 0 Å². The number of nitrogens with one attached hydrogen (secondary N) is 1. The molecule has 0 radical (unpaired) electrons. The summed E-state index contributed by atoms with van der Waals surface area (Å²) in [6, 6.07) is 4.84. The van der Waals surface area contributed by atoms with Crippen LogP contribution in [0.25, 0.3) is 0 Å². The van der Waals surface area contributed by atoms with Crippen molar-refractivity contribution in [3.63, 3.8) is 0 Å². The standard InChI is InChI=1S/C13H17NO3/c1-8-10(3-2-4-11(8)15)13(17)14-7-12(16)9-5-6-9/h2-4,9,12,15-16H,5-7H2,1H3,(H,14,17). The first kappa shape index (κ1) is 11.9. The summed E-state index contributed by atoms with van der Waals surface area (Å²) in [5, 5.41) is 21.8. The zero-order valence-electron chi connectivity index (χ0n) is 9.81. The summed E-state index contributed by atoms with van der Waals surface area (Å²) in [7, 11) is 0. The molecule has 0 aliphatic heterocycles. The number of hydrogen-bond donors (Lipinski definition) is 3. The molecule has 0 bridgehead atoms. The summed E-state index contributed by atoms with van der Waals surface area (Å²) < 4.78 is 0. The lowest BCUT2D eigenvalue weighted by Crippen LogP contribution is -2.33. The Balaban J connectivity index is 1.96. The lowest BCUT2D eigenvalue weighted by atomic mass is 10.1. The van der Waals surface area contributed by atoms with E-state index in [9.17, 15) is 15.0 Å². The van der Waals surface area contributed by atoms with Crippen LogP contribution < -0.4 is 5.32 Å². The van der Waals surface area contributed by atoms with Crippen LogP contribution in [0.4, 0.5) is 0 Å². The molecule has 1 aromatic carbocycles. The van der Waals surface area contributed by atoms with Gasteiger partial charge >= 0.3 is 0 Å². The minimum Gasteiger partial charge on any atom is -0.508 e. The molecular formula is C13H17NO3. The van der Waals surface area contributed by atoms with Gasteiger partial charge in [-0.05, 0) is 37.8 Å². The highest BCUT2D eigenvalue weighted by Gasteiger charge is 2.29. The Kier molecular flexibility index (Phi) is 3.33. The van der Waals surface area contributed by atoms with Crippen molar-refractivity contribution in [1.82, 2.24) is 5.32 Å². The summed E-state index contributed by atoms with van der Waals surface area (Å²) in [5.74, 6) is 0.207. The summed E-state index contributed by atoms with van der Waals surface area (Å²) in [5.41, 5.74) is 1.01. The smallest absolute Gasteiger partial charge is 0.251 e. The number of phenols is 1. The topological polar surface area (TPSA) is 69.6 Å². The number of aliphatic hydroxyl groups excluding tert-OH is 1. The first-order valence-corrected chi connectivity index (χ1v) is 5.84. The van der Waals surface area contributed by atoms with Crippen LogP contribution in [0.2, 0.25) is 0 Å². The van der Waals surface area contributed by atoms with Gasteiger partial charge in [0.25, 0.3) is 5.91 Å². The number of carbonyl (C=O) groups excluding carboxylic acids is 1. The van der Waals surface area contributed by atoms with Gasteiger partial charge < -0.3 is 15.5 Å². The van der Waals surface area contributed by atoms with Crippen LogP contribution in [-0.4, -0.2) is 28.8 Å². The number of phenolic OH excluding ortho intramolecular Hbond substituents is 1. The van der Waals surface area contributed by atoms with Crippen LogP contribution in [0.5, 0.6) is 5.75 Å². The first-order valence-electron chi connectivity index (χ1n) is 5.84. The van der Waals surface area contributed by atoms with Crippen molar-refractivity contribution in [1.29, 1.82) is 0 Å². The Bertz CT molecular complexity index is 427. The maximum Gasteiger partial charge on any atom is 0.251 e.